The summed E-state index contributed by atoms with van der Waals surface area (Å²) in [5.41, 5.74) is 5.36. The minimum Gasteiger partial charge on any atom is -0.497 e. The highest BCUT2D eigenvalue weighted by molar-refractivity contribution is 5.94. The van der Waals surface area contributed by atoms with E-state index in [1.165, 1.54) is 18.5 Å². The molecule has 0 unspecified atom stereocenters. The first-order valence-electron chi connectivity index (χ1n) is 10.3. The lowest BCUT2D eigenvalue weighted by Crippen LogP contribution is -2.17. The second-order valence-electron chi connectivity index (χ2n) is 7.53. The molecule has 30 heavy (non-hydrogen) atoms. The molecule has 0 aliphatic carbocycles. The predicted octanol–water partition coefficient (Wildman–Crippen LogP) is 5.65. The molecular weight excluding hydrogens is 372 g/mol. The molecule has 3 aromatic carbocycles. The van der Waals surface area contributed by atoms with Crippen LogP contribution in [-0.2, 0) is 0 Å². The highest BCUT2D eigenvalue weighted by Crippen LogP contribution is 2.30. The number of anilines is 3. The third-order valence-electron chi connectivity index (χ3n) is 5.61. The third kappa shape index (κ3) is 3.66. The van der Waals surface area contributed by atoms with Gasteiger partial charge in [-0.15, -0.1) is 0 Å². The first-order chi connectivity index (χ1) is 14.8. The van der Waals surface area contributed by atoms with Gasteiger partial charge in [0.15, 0.2) is 0 Å². The number of ether oxygens (including phenoxy) is 1. The summed E-state index contributed by atoms with van der Waals surface area (Å²) >= 11 is 0. The van der Waals surface area contributed by atoms with Gasteiger partial charge in [0.25, 0.3) is 0 Å². The van der Waals surface area contributed by atoms with Crippen molar-refractivity contribution in [3.05, 3.63) is 72.9 Å². The van der Waals surface area contributed by atoms with Crippen molar-refractivity contribution in [2.45, 2.75) is 12.8 Å². The van der Waals surface area contributed by atoms with E-state index in [-0.39, 0.29) is 0 Å². The average molecular weight is 396 g/mol. The number of methoxy groups -OCH3 is 1. The number of hydrogen-bond donors (Lipinski definition) is 1. The second kappa shape index (κ2) is 8.03. The Balaban J connectivity index is 1.43. The van der Waals surface area contributed by atoms with Crippen LogP contribution in [0.2, 0.25) is 0 Å². The molecule has 0 bridgehead atoms. The number of aromatic nitrogens is 2. The number of rotatable bonds is 5. The summed E-state index contributed by atoms with van der Waals surface area (Å²) in [5, 5.41) is 4.36. The van der Waals surface area contributed by atoms with E-state index in [1.54, 1.807) is 7.11 Å². The van der Waals surface area contributed by atoms with Gasteiger partial charge in [0.05, 0.1) is 12.6 Å². The molecule has 5 heteroatoms. The lowest BCUT2D eigenvalue weighted by Gasteiger charge is -2.17. The minimum atomic E-state index is 0.595. The maximum Gasteiger partial charge on any atom is 0.227 e. The molecule has 0 radical (unpaired) electrons. The summed E-state index contributed by atoms with van der Waals surface area (Å²) in [5.74, 6) is 1.44. The van der Waals surface area contributed by atoms with Gasteiger partial charge in [-0.3, -0.25) is 0 Å². The number of hydrogen-bond acceptors (Lipinski definition) is 5. The maximum atomic E-state index is 5.28. The Labute approximate surface area is 176 Å². The second-order valence-corrected chi connectivity index (χ2v) is 7.53. The Kier molecular flexibility index (Phi) is 4.93. The molecule has 1 N–H and O–H groups in total. The molecule has 0 saturated carbocycles. The van der Waals surface area contributed by atoms with Crippen molar-refractivity contribution in [2.75, 3.05) is 30.4 Å². The fourth-order valence-corrected chi connectivity index (χ4v) is 3.98. The fraction of sp³-hybridized carbons (Fsp3) is 0.200. The quantitative estimate of drug-likeness (QED) is 0.472. The monoisotopic (exact) mass is 396 g/mol. The van der Waals surface area contributed by atoms with Gasteiger partial charge in [0.2, 0.25) is 5.95 Å². The molecule has 4 aromatic rings. The Morgan fingerprint density at radius 1 is 0.900 bits per heavy atom. The van der Waals surface area contributed by atoms with Crippen LogP contribution in [0, 0.1) is 0 Å². The number of para-hydroxylation sites is 1. The summed E-state index contributed by atoms with van der Waals surface area (Å²) in [6, 6.07) is 22.7. The van der Waals surface area contributed by atoms with E-state index in [4.69, 9.17) is 9.72 Å². The van der Waals surface area contributed by atoms with E-state index in [2.05, 4.69) is 57.7 Å². The van der Waals surface area contributed by atoms with Crippen LogP contribution in [0.1, 0.15) is 12.8 Å². The topological polar surface area (TPSA) is 50.3 Å². The van der Waals surface area contributed by atoms with E-state index in [0.29, 0.717) is 5.95 Å². The summed E-state index contributed by atoms with van der Waals surface area (Å²) in [4.78, 5) is 11.8. The van der Waals surface area contributed by atoms with Crippen LogP contribution in [0.3, 0.4) is 0 Å². The van der Waals surface area contributed by atoms with E-state index in [1.807, 2.05) is 30.5 Å². The first-order valence-corrected chi connectivity index (χ1v) is 10.3. The molecule has 0 spiro atoms. The molecule has 1 aliphatic heterocycles. The standard InChI is InChI=1S/C25H24N4O/c1-30-22-13-7-18(8-14-22)23-6-4-5-19-17-26-25(28-24(19)23)27-20-9-11-21(12-10-20)29-15-2-3-16-29/h4-14,17H,2-3,15-16H2,1H3,(H,26,27,28). The molecule has 1 saturated heterocycles. The highest BCUT2D eigenvalue weighted by atomic mass is 16.5. The van der Waals surface area contributed by atoms with E-state index >= 15 is 0 Å². The van der Waals surface area contributed by atoms with Crippen molar-refractivity contribution in [2.24, 2.45) is 0 Å². The Morgan fingerprint density at radius 2 is 1.67 bits per heavy atom. The van der Waals surface area contributed by atoms with Gasteiger partial charge in [-0.2, -0.15) is 0 Å². The SMILES string of the molecule is COc1ccc(-c2cccc3cnc(Nc4ccc(N5CCCC5)cc4)nc23)cc1. The van der Waals surface area contributed by atoms with Crippen LogP contribution in [0.25, 0.3) is 22.0 Å². The summed E-state index contributed by atoms with van der Waals surface area (Å²) in [6.07, 6.45) is 4.43. The van der Waals surface area contributed by atoms with Gasteiger partial charge in [-0.05, 0) is 54.8 Å². The molecule has 1 aromatic heterocycles. The molecule has 5 nitrogen and oxygen atoms in total. The minimum absolute atomic E-state index is 0.595. The molecule has 0 amide bonds. The largest absolute Gasteiger partial charge is 0.497 e. The number of nitrogens with one attached hydrogen (secondary N) is 1. The van der Waals surface area contributed by atoms with Crippen molar-refractivity contribution in [1.82, 2.24) is 9.97 Å². The number of benzene rings is 3. The van der Waals surface area contributed by atoms with Crippen LogP contribution in [-0.4, -0.2) is 30.2 Å². The van der Waals surface area contributed by atoms with E-state index in [9.17, 15) is 0 Å². The highest BCUT2D eigenvalue weighted by Gasteiger charge is 2.12. The maximum absolute atomic E-state index is 5.28. The zero-order valence-electron chi connectivity index (χ0n) is 17.0. The summed E-state index contributed by atoms with van der Waals surface area (Å²) in [6.45, 7) is 2.30. The Hall–Kier alpha value is -3.60. The molecule has 0 atom stereocenters. The Morgan fingerprint density at radius 3 is 2.40 bits per heavy atom. The van der Waals surface area contributed by atoms with Gasteiger partial charge in [-0.1, -0.05) is 30.3 Å². The summed E-state index contributed by atoms with van der Waals surface area (Å²) in [7, 11) is 1.68. The molecule has 150 valence electrons. The first kappa shape index (κ1) is 18.4. The van der Waals surface area contributed by atoms with Crippen molar-refractivity contribution in [3.8, 4) is 16.9 Å². The van der Waals surface area contributed by atoms with Crippen LogP contribution in [0.5, 0.6) is 5.75 Å². The Bertz CT molecular complexity index is 1150. The predicted molar refractivity (Wildman–Crippen MR) is 123 cm³/mol. The molecule has 1 fully saturated rings. The van der Waals surface area contributed by atoms with Gasteiger partial charge < -0.3 is 15.0 Å². The van der Waals surface area contributed by atoms with Crippen LogP contribution in [0.15, 0.2) is 72.9 Å². The molecule has 2 heterocycles. The van der Waals surface area contributed by atoms with E-state index < -0.39 is 0 Å². The summed E-state index contributed by atoms with van der Waals surface area (Å²) < 4.78 is 5.28. The molecule has 1 aliphatic rings. The zero-order chi connectivity index (χ0) is 20.3. The normalized spacial score (nSPS) is 13.6. The smallest absolute Gasteiger partial charge is 0.227 e. The number of fused-ring (bicyclic) bond motifs is 1. The van der Waals surface area contributed by atoms with Crippen molar-refractivity contribution in [3.63, 3.8) is 0 Å². The van der Waals surface area contributed by atoms with E-state index in [0.717, 1.165) is 46.6 Å². The third-order valence-corrected chi connectivity index (χ3v) is 5.61. The lowest BCUT2D eigenvalue weighted by molar-refractivity contribution is 0.415. The van der Waals surface area contributed by atoms with Gasteiger partial charge in [0, 0.05) is 41.6 Å². The number of nitrogens with zero attached hydrogens (tertiary/aromatic N) is 3. The van der Waals surface area contributed by atoms with Crippen LogP contribution >= 0.6 is 0 Å². The lowest BCUT2D eigenvalue weighted by atomic mass is 10.0. The van der Waals surface area contributed by atoms with Gasteiger partial charge >= 0.3 is 0 Å². The van der Waals surface area contributed by atoms with Gasteiger partial charge in [-0.25, -0.2) is 9.97 Å². The average Bonchev–Trinajstić information content (AvgIpc) is 3.34. The van der Waals surface area contributed by atoms with Crippen LogP contribution in [0.4, 0.5) is 17.3 Å². The molecular formula is C25H24N4O. The molecule has 5 rings (SSSR count). The zero-order valence-corrected chi connectivity index (χ0v) is 17.0. The van der Waals surface area contributed by atoms with Crippen LogP contribution < -0.4 is 15.0 Å². The van der Waals surface area contributed by atoms with Crippen molar-refractivity contribution >= 4 is 28.2 Å². The fourth-order valence-electron chi connectivity index (χ4n) is 3.98. The van der Waals surface area contributed by atoms with Crippen molar-refractivity contribution < 1.29 is 4.74 Å². The van der Waals surface area contributed by atoms with Crippen molar-refractivity contribution in [1.29, 1.82) is 0 Å². The van der Waals surface area contributed by atoms with Gasteiger partial charge in [0.1, 0.15) is 5.75 Å².